The summed E-state index contributed by atoms with van der Waals surface area (Å²) in [7, 11) is 0. The van der Waals surface area contributed by atoms with Gasteiger partial charge < -0.3 is 14.1 Å². The fraction of sp³-hybridized carbons (Fsp3) is 0.550. The molecule has 7 nitrogen and oxygen atoms in total. The molecule has 1 aliphatic rings. The monoisotopic (exact) mass is 373 g/mol. The average Bonchev–Trinajstić information content (AvgIpc) is 3.43. The number of esters is 1. The third kappa shape index (κ3) is 4.99. The first-order valence-corrected chi connectivity index (χ1v) is 9.67. The van der Waals surface area contributed by atoms with Crippen molar-refractivity contribution in [3.8, 4) is 0 Å². The van der Waals surface area contributed by atoms with Crippen molar-refractivity contribution < 1.29 is 18.7 Å². The predicted octanol–water partition coefficient (Wildman–Crippen LogP) is 3.85. The van der Waals surface area contributed by atoms with Crippen molar-refractivity contribution in [2.45, 2.75) is 58.0 Å². The van der Waals surface area contributed by atoms with Gasteiger partial charge in [0.25, 0.3) is 0 Å². The highest BCUT2D eigenvalue weighted by Gasteiger charge is 2.31. The molecule has 1 amide bonds. The second-order valence-electron chi connectivity index (χ2n) is 6.99. The Kier molecular flexibility index (Phi) is 6.68. The molecule has 1 saturated carbocycles. The Morgan fingerprint density at radius 1 is 1.41 bits per heavy atom. The first kappa shape index (κ1) is 19.2. The Bertz CT molecular complexity index is 706. The number of nitrogens with zero attached hydrogens (tertiary/aromatic N) is 3. The van der Waals surface area contributed by atoms with E-state index in [2.05, 4.69) is 4.98 Å². The van der Waals surface area contributed by atoms with Gasteiger partial charge in [-0.15, -0.1) is 0 Å². The van der Waals surface area contributed by atoms with Gasteiger partial charge in [0.05, 0.1) is 19.4 Å². The molecule has 0 spiro atoms. The van der Waals surface area contributed by atoms with Gasteiger partial charge in [-0.25, -0.2) is 14.6 Å². The molecule has 146 valence electrons. The first-order valence-electron chi connectivity index (χ1n) is 9.67. The van der Waals surface area contributed by atoms with E-state index in [9.17, 15) is 9.59 Å². The molecule has 2 heterocycles. The molecule has 0 aliphatic heterocycles. The van der Waals surface area contributed by atoms with E-state index >= 15 is 0 Å². The van der Waals surface area contributed by atoms with Crippen LogP contribution in [0.25, 0.3) is 0 Å². The summed E-state index contributed by atoms with van der Waals surface area (Å²) in [5, 5.41) is 0. The number of carbonyl (C=O) groups excluding carboxylic acids is 2. The molecular formula is C20H27N3O4. The number of amides is 1. The number of carbonyl (C=O) groups is 2. The third-order valence-electron chi connectivity index (χ3n) is 5.16. The predicted molar refractivity (Wildman–Crippen MR) is 98.9 cm³/mol. The van der Waals surface area contributed by atoms with Crippen molar-refractivity contribution in [1.29, 1.82) is 0 Å². The summed E-state index contributed by atoms with van der Waals surface area (Å²) < 4.78 is 12.3. The zero-order valence-electron chi connectivity index (χ0n) is 15.8. The quantitative estimate of drug-likeness (QED) is 0.657. The number of hydrogen-bond acceptors (Lipinski definition) is 5. The van der Waals surface area contributed by atoms with Crippen LogP contribution in [0.1, 0.15) is 51.2 Å². The molecule has 0 unspecified atom stereocenters. The number of hydrogen-bond donors (Lipinski definition) is 0. The highest BCUT2D eigenvalue weighted by molar-refractivity contribution is 5.84. The highest BCUT2D eigenvalue weighted by atomic mass is 16.5. The Morgan fingerprint density at radius 2 is 2.22 bits per heavy atom. The molecule has 1 fully saturated rings. The van der Waals surface area contributed by atoms with Gasteiger partial charge in [-0.3, -0.25) is 4.57 Å². The van der Waals surface area contributed by atoms with E-state index in [0.29, 0.717) is 24.7 Å². The lowest BCUT2D eigenvalue weighted by Crippen LogP contribution is -2.46. The van der Waals surface area contributed by atoms with Crippen molar-refractivity contribution in [2.75, 3.05) is 6.61 Å². The minimum absolute atomic E-state index is 0.195. The maximum Gasteiger partial charge on any atom is 0.330 e. The fourth-order valence-corrected chi connectivity index (χ4v) is 3.64. The summed E-state index contributed by atoms with van der Waals surface area (Å²) >= 11 is 0. The summed E-state index contributed by atoms with van der Waals surface area (Å²) in [6.07, 6.45) is 12.4. The first-order chi connectivity index (χ1) is 13.2. The largest absolute Gasteiger partial charge is 0.467 e. The fourth-order valence-electron chi connectivity index (χ4n) is 3.64. The second kappa shape index (κ2) is 9.39. The molecular weight excluding hydrogens is 346 g/mol. The Morgan fingerprint density at radius 3 is 2.85 bits per heavy atom. The van der Waals surface area contributed by atoms with Gasteiger partial charge in [0, 0.05) is 12.4 Å². The smallest absolute Gasteiger partial charge is 0.330 e. The van der Waals surface area contributed by atoms with Crippen molar-refractivity contribution in [3.05, 3.63) is 42.9 Å². The van der Waals surface area contributed by atoms with E-state index in [1.807, 2.05) is 6.92 Å². The van der Waals surface area contributed by atoms with Crippen molar-refractivity contribution in [1.82, 2.24) is 14.5 Å². The minimum atomic E-state index is -0.673. The standard InChI is InChI=1S/C20H27N3O4/c1-2-18(19(24)27-13-9-16-6-3-4-7-16)23(14-17-8-5-12-26-17)20(25)22-11-10-21-15-22/h5,8,10-12,15-16,18H,2-4,6-7,9,13-14H2,1H3/t18-/m0/s1. The molecule has 7 heteroatoms. The number of aromatic nitrogens is 2. The summed E-state index contributed by atoms with van der Waals surface area (Å²) in [5.74, 6) is 0.904. The summed E-state index contributed by atoms with van der Waals surface area (Å²) in [6, 6.07) is 2.54. The molecule has 2 aromatic heterocycles. The summed E-state index contributed by atoms with van der Waals surface area (Å²) in [5.41, 5.74) is 0. The number of furan rings is 1. The Balaban J connectivity index is 1.67. The van der Waals surface area contributed by atoms with Crippen LogP contribution in [-0.2, 0) is 16.1 Å². The molecule has 0 saturated heterocycles. The van der Waals surface area contributed by atoms with Crippen LogP contribution in [0.3, 0.4) is 0 Å². The van der Waals surface area contributed by atoms with Gasteiger partial charge in [0.1, 0.15) is 18.1 Å². The van der Waals surface area contributed by atoms with E-state index in [-0.39, 0.29) is 18.5 Å². The van der Waals surface area contributed by atoms with Crippen molar-refractivity contribution >= 4 is 12.0 Å². The maximum atomic E-state index is 12.9. The Labute approximate surface area is 159 Å². The van der Waals surface area contributed by atoms with Gasteiger partial charge in [-0.05, 0) is 30.9 Å². The molecule has 0 bridgehead atoms. The lowest BCUT2D eigenvalue weighted by Gasteiger charge is -2.29. The second-order valence-corrected chi connectivity index (χ2v) is 6.99. The zero-order chi connectivity index (χ0) is 19.1. The molecule has 0 N–H and O–H groups in total. The van der Waals surface area contributed by atoms with Crippen LogP contribution in [-0.4, -0.2) is 39.1 Å². The van der Waals surface area contributed by atoms with Gasteiger partial charge in [-0.1, -0.05) is 32.6 Å². The molecule has 1 aliphatic carbocycles. The summed E-state index contributed by atoms with van der Waals surface area (Å²) in [4.78, 5) is 31.0. The molecule has 0 aromatic carbocycles. The third-order valence-corrected chi connectivity index (χ3v) is 5.16. The SMILES string of the molecule is CC[C@@H](C(=O)OCCC1CCCC1)N(Cc1ccco1)C(=O)n1ccnc1. The van der Waals surface area contributed by atoms with E-state index in [4.69, 9.17) is 9.15 Å². The number of rotatable bonds is 8. The lowest BCUT2D eigenvalue weighted by atomic mass is 10.1. The molecule has 2 aromatic rings. The molecule has 3 rings (SSSR count). The minimum Gasteiger partial charge on any atom is -0.467 e. The molecule has 27 heavy (non-hydrogen) atoms. The number of ether oxygens (including phenoxy) is 1. The normalized spacial score (nSPS) is 15.6. The van der Waals surface area contributed by atoms with Crippen molar-refractivity contribution in [2.24, 2.45) is 5.92 Å². The average molecular weight is 373 g/mol. The van der Waals surface area contributed by atoms with E-state index < -0.39 is 6.04 Å². The maximum absolute atomic E-state index is 12.9. The van der Waals surface area contributed by atoms with Crippen LogP contribution in [0.4, 0.5) is 4.79 Å². The van der Waals surface area contributed by atoms with Gasteiger partial charge in [-0.2, -0.15) is 0 Å². The zero-order valence-corrected chi connectivity index (χ0v) is 15.8. The van der Waals surface area contributed by atoms with Crippen LogP contribution in [0, 0.1) is 5.92 Å². The van der Waals surface area contributed by atoms with Gasteiger partial charge in [0.15, 0.2) is 0 Å². The summed E-state index contributed by atoms with van der Waals surface area (Å²) in [6.45, 7) is 2.48. The Hall–Kier alpha value is -2.57. The van der Waals surface area contributed by atoms with E-state index in [1.165, 1.54) is 47.7 Å². The van der Waals surface area contributed by atoms with E-state index in [1.54, 1.807) is 24.6 Å². The lowest BCUT2D eigenvalue weighted by molar-refractivity contribution is -0.149. The van der Waals surface area contributed by atoms with Crippen LogP contribution in [0.5, 0.6) is 0 Å². The van der Waals surface area contributed by atoms with Crippen LogP contribution >= 0.6 is 0 Å². The molecule has 1 atom stereocenters. The topological polar surface area (TPSA) is 77.6 Å². The van der Waals surface area contributed by atoms with Crippen LogP contribution in [0.2, 0.25) is 0 Å². The van der Waals surface area contributed by atoms with Gasteiger partial charge >= 0.3 is 12.0 Å². The van der Waals surface area contributed by atoms with Crippen LogP contribution < -0.4 is 0 Å². The number of imidazole rings is 1. The van der Waals surface area contributed by atoms with Crippen molar-refractivity contribution in [3.63, 3.8) is 0 Å². The molecule has 0 radical (unpaired) electrons. The highest BCUT2D eigenvalue weighted by Crippen LogP contribution is 2.27. The van der Waals surface area contributed by atoms with Gasteiger partial charge in [0.2, 0.25) is 0 Å². The van der Waals surface area contributed by atoms with Crippen LogP contribution in [0.15, 0.2) is 41.5 Å². The van der Waals surface area contributed by atoms with E-state index in [0.717, 1.165) is 6.42 Å².